The van der Waals surface area contributed by atoms with Crippen LogP contribution in [0, 0.1) is 10.1 Å². The van der Waals surface area contributed by atoms with Crippen molar-refractivity contribution in [2.75, 3.05) is 13.7 Å². The fraction of sp³-hybridized carbons (Fsp3) is 0.381. The molecule has 1 atom stereocenters. The minimum Gasteiger partial charge on any atom is -0.497 e. The molecule has 1 aliphatic heterocycles. The van der Waals surface area contributed by atoms with Gasteiger partial charge in [-0.1, -0.05) is 31.0 Å². The summed E-state index contributed by atoms with van der Waals surface area (Å²) in [4.78, 5) is 24.8. The van der Waals surface area contributed by atoms with Gasteiger partial charge in [-0.25, -0.2) is 0 Å². The van der Waals surface area contributed by atoms with Crippen LogP contribution in [-0.4, -0.2) is 29.4 Å². The Morgan fingerprint density at radius 1 is 1.21 bits per heavy atom. The van der Waals surface area contributed by atoms with E-state index >= 15 is 0 Å². The van der Waals surface area contributed by atoms with Gasteiger partial charge in [-0.05, 0) is 43.1 Å². The van der Waals surface area contributed by atoms with Crippen molar-refractivity contribution >= 4 is 11.6 Å². The number of ether oxygens (including phenoxy) is 1. The zero-order valence-corrected chi connectivity index (χ0v) is 16.0. The lowest BCUT2D eigenvalue weighted by atomic mass is 9.99. The first-order valence-electron chi connectivity index (χ1n) is 9.44. The monoisotopic (exact) mass is 383 g/mol. The Morgan fingerprint density at radius 3 is 2.61 bits per heavy atom. The molecule has 2 N–H and O–H groups in total. The summed E-state index contributed by atoms with van der Waals surface area (Å²) < 4.78 is 5.25. The van der Waals surface area contributed by atoms with E-state index in [1.54, 1.807) is 19.2 Å². The van der Waals surface area contributed by atoms with Gasteiger partial charge in [0.05, 0.1) is 12.0 Å². The number of carbonyl (C=O) groups is 1. The summed E-state index contributed by atoms with van der Waals surface area (Å²) in [5.41, 5.74) is 7.14. The van der Waals surface area contributed by atoms with E-state index in [4.69, 9.17) is 10.5 Å². The van der Waals surface area contributed by atoms with Crippen molar-refractivity contribution < 1.29 is 14.5 Å². The van der Waals surface area contributed by atoms with Gasteiger partial charge in [0.1, 0.15) is 5.75 Å². The Balaban J connectivity index is 1.90. The molecule has 0 aromatic heterocycles. The molecule has 2 aromatic rings. The van der Waals surface area contributed by atoms with Crippen molar-refractivity contribution in [3.05, 3.63) is 69.3 Å². The lowest BCUT2D eigenvalue weighted by Crippen LogP contribution is -2.28. The first-order valence-corrected chi connectivity index (χ1v) is 9.44. The van der Waals surface area contributed by atoms with Crippen LogP contribution in [-0.2, 0) is 6.54 Å². The van der Waals surface area contributed by atoms with Gasteiger partial charge in [0.25, 0.3) is 5.69 Å². The summed E-state index contributed by atoms with van der Waals surface area (Å²) in [6.45, 7) is 1.32. The number of hydrogen-bond donors (Lipinski definition) is 1. The van der Waals surface area contributed by atoms with Crippen LogP contribution < -0.4 is 10.5 Å². The molecule has 1 fully saturated rings. The molecule has 7 nitrogen and oxygen atoms in total. The van der Waals surface area contributed by atoms with E-state index in [0.717, 1.165) is 38.0 Å². The van der Waals surface area contributed by atoms with Gasteiger partial charge in [0.2, 0.25) is 5.91 Å². The van der Waals surface area contributed by atoms with Crippen LogP contribution in [0.5, 0.6) is 5.75 Å². The third-order valence-electron chi connectivity index (χ3n) is 5.30. The third kappa shape index (κ3) is 4.48. The Hall–Kier alpha value is -2.93. The number of primary amides is 1. The summed E-state index contributed by atoms with van der Waals surface area (Å²) in [7, 11) is 1.64. The standard InChI is InChI=1S/C21H25N3O4/c1-28-18-10-8-15(9-11-18)19-5-3-2-4-12-23(19)14-17-7-6-16(21(22)25)13-20(17)24(26)27/h6-11,13,19H,2-5,12,14H2,1H3,(H2,22,25). The topological polar surface area (TPSA) is 98.7 Å². The Labute approximate surface area is 164 Å². The Kier molecular flexibility index (Phi) is 6.26. The molecule has 1 aliphatic rings. The molecule has 148 valence electrons. The molecule has 1 unspecified atom stereocenters. The second-order valence-corrected chi connectivity index (χ2v) is 7.07. The highest BCUT2D eigenvalue weighted by Gasteiger charge is 2.26. The van der Waals surface area contributed by atoms with Gasteiger partial charge < -0.3 is 10.5 Å². The number of amides is 1. The molecule has 1 amide bonds. The highest BCUT2D eigenvalue weighted by molar-refractivity contribution is 5.93. The zero-order chi connectivity index (χ0) is 20.1. The molecule has 28 heavy (non-hydrogen) atoms. The molecule has 2 aromatic carbocycles. The van der Waals surface area contributed by atoms with E-state index < -0.39 is 10.8 Å². The first kappa shape index (κ1) is 19.8. The lowest BCUT2D eigenvalue weighted by molar-refractivity contribution is -0.385. The van der Waals surface area contributed by atoms with Crippen molar-refractivity contribution in [2.45, 2.75) is 38.3 Å². The van der Waals surface area contributed by atoms with Gasteiger partial charge in [-0.3, -0.25) is 19.8 Å². The predicted octanol–water partition coefficient (Wildman–Crippen LogP) is 3.82. The zero-order valence-electron chi connectivity index (χ0n) is 16.0. The molecular formula is C21H25N3O4. The second-order valence-electron chi connectivity index (χ2n) is 7.07. The number of nitrogens with two attached hydrogens (primary N) is 1. The summed E-state index contributed by atoms with van der Waals surface area (Å²) >= 11 is 0. The molecular weight excluding hydrogens is 358 g/mol. The molecule has 0 radical (unpaired) electrons. The van der Waals surface area contributed by atoms with Crippen LogP contribution in [0.4, 0.5) is 5.69 Å². The number of rotatable bonds is 6. The molecule has 0 aliphatic carbocycles. The maximum absolute atomic E-state index is 11.5. The second kappa shape index (κ2) is 8.84. The van der Waals surface area contributed by atoms with Crippen LogP contribution in [0.2, 0.25) is 0 Å². The Morgan fingerprint density at radius 2 is 1.96 bits per heavy atom. The molecule has 1 heterocycles. The van der Waals surface area contributed by atoms with E-state index in [2.05, 4.69) is 17.0 Å². The van der Waals surface area contributed by atoms with E-state index in [-0.39, 0.29) is 17.3 Å². The minimum absolute atomic E-state index is 0.0611. The van der Waals surface area contributed by atoms with E-state index in [1.165, 1.54) is 11.6 Å². The van der Waals surface area contributed by atoms with Gasteiger partial charge in [0, 0.05) is 29.8 Å². The number of nitrogens with zero attached hydrogens (tertiary/aromatic N) is 2. The Bertz CT molecular complexity index is 851. The van der Waals surface area contributed by atoms with Crippen LogP contribution in [0.1, 0.15) is 53.2 Å². The number of nitro benzene ring substituents is 1. The smallest absolute Gasteiger partial charge is 0.274 e. The largest absolute Gasteiger partial charge is 0.497 e. The van der Waals surface area contributed by atoms with Crippen LogP contribution >= 0.6 is 0 Å². The quantitative estimate of drug-likeness (QED) is 0.604. The maximum atomic E-state index is 11.5. The number of likely N-dealkylation sites (tertiary alicyclic amines) is 1. The number of nitro groups is 1. The number of benzene rings is 2. The van der Waals surface area contributed by atoms with E-state index in [9.17, 15) is 14.9 Å². The molecule has 0 spiro atoms. The minimum atomic E-state index is -0.666. The van der Waals surface area contributed by atoms with Crippen LogP contribution in [0.15, 0.2) is 42.5 Å². The van der Waals surface area contributed by atoms with Crippen LogP contribution in [0.3, 0.4) is 0 Å². The van der Waals surface area contributed by atoms with Crippen LogP contribution in [0.25, 0.3) is 0 Å². The summed E-state index contributed by atoms with van der Waals surface area (Å²) in [6, 6.07) is 12.7. The number of methoxy groups -OCH3 is 1. The lowest BCUT2D eigenvalue weighted by Gasteiger charge is -2.30. The van der Waals surface area contributed by atoms with Gasteiger partial charge in [-0.15, -0.1) is 0 Å². The number of hydrogen-bond acceptors (Lipinski definition) is 5. The van der Waals surface area contributed by atoms with Crippen molar-refractivity contribution in [1.29, 1.82) is 0 Å². The third-order valence-corrected chi connectivity index (χ3v) is 5.30. The molecule has 7 heteroatoms. The van der Waals surface area contributed by atoms with E-state index in [0.29, 0.717) is 12.1 Å². The van der Waals surface area contributed by atoms with Crippen molar-refractivity contribution in [2.24, 2.45) is 5.73 Å². The highest BCUT2D eigenvalue weighted by atomic mass is 16.6. The SMILES string of the molecule is COc1ccc(C2CCCCCN2Cc2ccc(C(N)=O)cc2[N+](=O)[O-])cc1. The average Bonchev–Trinajstić information content (AvgIpc) is 2.93. The van der Waals surface area contributed by atoms with E-state index in [1.807, 2.05) is 12.1 Å². The fourth-order valence-electron chi connectivity index (χ4n) is 3.80. The molecule has 3 rings (SSSR count). The predicted molar refractivity (Wildman–Crippen MR) is 106 cm³/mol. The molecule has 0 saturated carbocycles. The molecule has 1 saturated heterocycles. The van der Waals surface area contributed by atoms with Crippen molar-refractivity contribution in [3.63, 3.8) is 0 Å². The highest BCUT2D eigenvalue weighted by Crippen LogP contribution is 2.33. The van der Waals surface area contributed by atoms with Gasteiger partial charge in [-0.2, -0.15) is 0 Å². The first-order chi connectivity index (χ1) is 13.5. The summed E-state index contributed by atoms with van der Waals surface area (Å²) in [5, 5.41) is 11.5. The summed E-state index contributed by atoms with van der Waals surface area (Å²) in [5.74, 6) is 0.141. The maximum Gasteiger partial charge on any atom is 0.274 e. The normalized spacial score (nSPS) is 17.7. The van der Waals surface area contributed by atoms with Gasteiger partial charge in [0.15, 0.2) is 0 Å². The average molecular weight is 383 g/mol. The fourth-order valence-corrected chi connectivity index (χ4v) is 3.80. The summed E-state index contributed by atoms with van der Waals surface area (Å²) in [6.07, 6.45) is 4.32. The van der Waals surface area contributed by atoms with Gasteiger partial charge >= 0.3 is 0 Å². The van der Waals surface area contributed by atoms with Crippen molar-refractivity contribution in [1.82, 2.24) is 4.90 Å². The number of carbonyl (C=O) groups excluding carboxylic acids is 1. The molecule has 0 bridgehead atoms. The van der Waals surface area contributed by atoms with Crippen molar-refractivity contribution in [3.8, 4) is 5.75 Å².